The van der Waals surface area contributed by atoms with E-state index >= 15 is 0 Å². The molecule has 1 aliphatic heterocycles. The van der Waals surface area contributed by atoms with Crippen molar-refractivity contribution in [2.45, 2.75) is 96.2 Å². The Morgan fingerprint density at radius 3 is 2.00 bits per heavy atom. The predicted molar refractivity (Wildman–Crippen MR) is 92.8 cm³/mol. The Morgan fingerprint density at radius 2 is 1.55 bits per heavy atom. The van der Waals surface area contributed by atoms with Crippen LogP contribution in [0.3, 0.4) is 0 Å². The van der Waals surface area contributed by atoms with Gasteiger partial charge in [0.2, 0.25) is 0 Å². The van der Waals surface area contributed by atoms with E-state index in [0.717, 1.165) is 6.67 Å². The van der Waals surface area contributed by atoms with E-state index in [2.05, 4.69) is 31.4 Å². The molecule has 2 N–H and O–H groups in total. The molecular weight excluding hydrogens is 243 g/mol. The van der Waals surface area contributed by atoms with Crippen molar-refractivity contribution >= 4 is 7.28 Å². The minimum absolute atomic E-state index is 0.561. The number of hydrogen-bond acceptors (Lipinski definition) is 2. The summed E-state index contributed by atoms with van der Waals surface area (Å²) >= 11 is 0. The minimum Gasteiger partial charge on any atom is -0.308 e. The van der Waals surface area contributed by atoms with Gasteiger partial charge in [0.1, 0.15) is 7.28 Å². The summed E-state index contributed by atoms with van der Waals surface area (Å²) in [6.07, 6.45) is 14.1. The molecule has 0 aromatic heterocycles. The van der Waals surface area contributed by atoms with Gasteiger partial charge in [-0.1, -0.05) is 90.3 Å². The zero-order valence-electron chi connectivity index (χ0n) is 14.3. The van der Waals surface area contributed by atoms with Crippen molar-refractivity contribution in [1.82, 2.24) is 10.6 Å². The third-order valence-electron chi connectivity index (χ3n) is 4.91. The van der Waals surface area contributed by atoms with Gasteiger partial charge in [0.25, 0.3) is 0 Å². The third kappa shape index (κ3) is 7.68. The smallest absolute Gasteiger partial charge is 0.150 e. The van der Waals surface area contributed by atoms with Crippen LogP contribution in [0, 0.1) is 0 Å². The molecule has 1 saturated heterocycles. The molecule has 20 heavy (non-hydrogen) atoms. The Bertz CT molecular complexity index is 215. The van der Waals surface area contributed by atoms with Crippen LogP contribution in [0.2, 0.25) is 5.31 Å². The molecule has 1 heterocycles. The average Bonchev–Trinajstić information content (AvgIpc) is 2.93. The normalized spacial score (nSPS) is 19.4. The summed E-state index contributed by atoms with van der Waals surface area (Å²) < 4.78 is 0. The molecular formula is C17H37BN2. The fourth-order valence-corrected chi connectivity index (χ4v) is 3.56. The second-order valence-electron chi connectivity index (χ2n) is 7.17. The molecule has 0 aromatic rings. The zero-order valence-corrected chi connectivity index (χ0v) is 14.3. The van der Waals surface area contributed by atoms with Gasteiger partial charge < -0.3 is 10.6 Å². The van der Waals surface area contributed by atoms with Gasteiger partial charge in [0.15, 0.2) is 0 Å². The topological polar surface area (TPSA) is 24.1 Å². The van der Waals surface area contributed by atoms with Gasteiger partial charge in [-0.05, 0) is 5.94 Å². The lowest BCUT2D eigenvalue weighted by molar-refractivity contribution is 0.445. The highest BCUT2D eigenvalue weighted by Crippen LogP contribution is 2.38. The van der Waals surface area contributed by atoms with Crippen LogP contribution in [0.4, 0.5) is 0 Å². The molecule has 1 rings (SSSR count). The zero-order chi connectivity index (χ0) is 14.7. The molecule has 0 bridgehead atoms. The van der Waals surface area contributed by atoms with Crippen LogP contribution in [0.5, 0.6) is 0 Å². The van der Waals surface area contributed by atoms with Crippen molar-refractivity contribution in [3.05, 3.63) is 0 Å². The van der Waals surface area contributed by atoms with Crippen molar-refractivity contribution < 1.29 is 0 Å². The van der Waals surface area contributed by atoms with E-state index < -0.39 is 0 Å². The fraction of sp³-hybridized carbons (Fsp3) is 1.00. The van der Waals surface area contributed by atoms with Crippen molar-refractivity contribution in [3.63, 3.8) is 0 Å². The first kappa shape index (κ1) is 18.0. The van der Waals surface area contributed by atoms with Crippen LogP contribution >= 0.6 is 0 Å². The van der Waals surface area contributed by atoms with E-state index in [1.165, 1.54) is 78.0 Å². The molecule has 1 unspecified atom stereocenters. The van der Waals surface area contributed by atoms with E-state index in [1.54, 1.807) is 0 Å². The first-order chi connectivity index (χ1) is 9.70. The Kier molecular flexibility index (Phi) is 9.63. The first-order valence-corrected chi connectivity index (χ1v) is 9.14. The van der Waals surface area contributed by atoms with E-state index in [1.807, 2.05) is 0 Å². The van der Waals surface area contributed by atoms with Crippen molar-refractivity contribution in [2.24, 2.45) is 0 Å². The molecule has 3 heteroatoms. The average molecular weight is 280 g/mol. The van der Waals surface area contributed by atoms with E-state index in [4.69, 9.17) is 0 Å². The second kappa shape index (κ2) is 10.7. The van der Waals surface area contributed by atoms with Crippen LogP contribution in [-0.4, -0.2) is 26.4 Å². The number of nitrogens with one attached hydrogen (secondary N) is 2. The van der Waals surface area contributed by atoms with Gasteiger partial charge in [0, 0.05) is 13.2 Å². The molecule has 0 saturated carbocycles. The maximum absolute atomic E-state index is 3.60. The highest BCUT2D eigenvalue weighted by atomic mass is 15.1. The largest absolute Gasteiger partial charge is 0.308 e. The fourth-order valence-electron chi connectivity index (χ4n) is 3.56. The van der Waals surface area contributed by atoms with Crippen LogP contribution in [0.25, 0.3) is 0 Å². The van der Waals surface area contributed by atoms with Crippen molar-refractivity contribution in [2.75, 3.05) is 13.2 Å². The van der Waals surface area contributed by atoms with Crippen molar-refractivity contribution in [1.29, 1.82) is 0 Å². The van der Waals surface area contributed by atoms with E-state index in [0.29, 0.717) is 11.3 Å². The van der Waals surface area contributed by atoms with Gasteiger partial charge in [-0.3, -0.25) is 0 Å². The van der Waals surface area contributed by atoms with Crippen LogP contribution in [0.15, 0.2) is 0 Å². The molecule has 1 atom stereocenters. The van der Waals surface area contributed by atoms with Gasteiger partial charge in [-0.2, -0.15) is 0 Å². The Morgan fingerprint density at radius 1 is 0.950 bits per heavy atom. The minimum atomic E-state index is 0.561. The first-order valence-electron chi connectivity index (χ1n) is 9.14. The summed E-state index contributed by atoms with van der Waals surface area (Å²) in [5.74, 6) is 0.706. The van der Waals surface area contributed by atoms with Crippen molar-refractivity contribution in [3.8, 4) is 0 Å². The molecule has 0 aromatic carbocycles. The molecule has 0 radical (unpaired) electrons. The number of unbranched alkanes of at least 4 members (excludes halogenated alkanes) is 6. The summed E-state index contributed by atoms with van der Waals surface area (Å²) in [4.78, 5) is 0. The van der Waals surface area contributed by atoms with Crippen LogP contribution in [-0.2, 0) is 0 Å². The lowest BCUT2D eigenvalue weighted by atomic mass is 9.46. The van der Waals surface area contributed by atoms with Gasteiger partial charge >= 0.3 is 0 Å². The quantitative estimate of drug-likeness (QED) is 0.417. The molecule has 0 aliphatic carbocycles. The number of hydrogen-bond donors (Lipinski definition) is 2. The number of rotatable bonds is 12. The third-order valence-corrected chi connectivity index (χ3v) is 4.91. The molecule has 2 nitrogen and oxygen atoms in total. The van der Waals surface area contributed by atoms with Crippen LogP contribution < -0.4 is 10.6 Å². The second-order valence-corrected chi connectivity index (χ2v) is 7.17. The molecule has 0 spiro atoms. The maximum Gasteiger partial charge on any atom is 0.150 e. The Hall–Kier alpha value is -0.0151. The molecule has 0 amide bonds. The van der Waals surface area contributed by atoms with E-state index in [9.17, 15) is 0 Å². The predicted octanol–water partition coefficient (Wildman–Crippen LogP) is 4.02. The monoisotopic (exact) mass is 280 g/mol. The van der Waals surface area contributed by atoms with Gasteiger partial charge in [0.05, 0.1) is 0 Å². The summed E-state index contributed by atoms with van der Waals surface area (Å²) in [5.41, 5.74) is 0. The highest BCUT2D eigenvalue weighted by Gasteiger charge is 2.30. The molecule has 1 aliphatic rings. The SMILES string of the molecule is CCCCCCC(C)(BC1CNCN1)CCCCCC. The summed E-state index contributed by atoms with van der Waals surface area (Å²) in [7, 11) is 1.36. The summed E-state index contributed by atoms with van der Waals surface area (Å²) in [6.45, 7) is 9.33. The van der Waals surface area contributed by atoms with Gasteiger partial charge in [-0.25, -0.2) is 0 Å². The lowest BCUT2D eigenvalue weighted by Crippen LogP contribution is -2.37. The standard InChI is InChI=1S/C17H37BN2/c1-4-6-8-10-12-17(3,13-11-9-7-5-2)18-16-14-19-15-20-16/h16,18-20H,4-15H2,1-3H3. The molecule has 1 fully saturated rings. The van der Waals surface area contributed by atoms with Gasteiger partial charge in [-0.15, -0.1) is 0 Å². The lowest BCUT2D eigenvalue weighted by Gasteiger charge is -2.31. The maximum atomic E-state index is 3.60. The highest BCUT2D eigenvalue weighted by molar-refractivity contribution is 6.42. The Balaban J connectivity index is 2.33. The summed E-state index contributed by atoms with van der Waals surface area (Å²) in [6, 6.07) is 0. The van der Waals surface area contributed by atoms with E-state index in [-0.39, 0.29) is 0 Å². The van der Waals surface area contributed by atoms with Crippen LogP contribution in [0.1, 0.15) is 85.0 Å². The Labute approximate surface area is 128 Å². The summed E-state index contributed by atoms with van der Waals surface area (Å²) in [5, 5.41) is 7.60. The molecule has 118 valence electrons.